The van der Waals surface area contributed by atoms with Crippen molar-refractivity contribution in [1.82, 2.24) is 4.90 Å². The average molecular weight is 553 g/mol. The van der Waals surface area contributed by atoms with E-state index in [0.717, 1.165) is 31.1 Å². The molecule has 4 atom stereocenters. The zero-order valence-electron chi connectivity index (χ0n) is 24.1. The lowest BCUT2D eigenvalue weighted by Gasteiger charge is -2.50. The van der Waals surface area contributed by atoms with E-state index in [9.17, 15) is 34.8 Å². The Hall–Kier alpha value is -3.17. The third-order valence-electron chi connectivity index (χ3n) is 9.56. The van der Waals surface area contributed by atoms with Crippen molar-refractivity contribution in [2.24, 2.45) is 23.7 Å². The molecule has 1 saturated carbocycles. The van der Waals surface area contributed by atoms with Crippen molar-refractivity contribution < 1.29 is 34.8 Å². The Morgan fingerprint density at radius 1 is 1.05 bits per heavy atom. The standard InChI is InChI=1S/C31H40N2O7/c1-14(2)18-13-21(33-9-7-32(6)8-10-33)26(35)25-19(18)11-17-12-20-22(15(3)4)27(36)23(16(5)34)29(38)31(20,40)30(39)24(17)28(25)37/h13-15,17,20,22,35,37-38,40H,7-12H2,1-6H3/t17-,20-,22?,31+/m1/s1. The summed E-state index contributed by atoms with van der Waals surface area (Å²) in [6.07, 6.45) is 0.490. The molecule has 216 valence electrons. The van der Waals surface area contributed by atoms with Gasteiger partial charge in [-0.2, -0.15) is 0 Å². The number of aromatic hydroxyl groups is 1. The highest BCUT2D eigenvalue weighted by molar-refractivity contribution is 6.24. The molecule has 1 heterocycles. The molecular formula is C31H40N2O7. The maximum atomic E-state index is 14.2. The van der Waals surface area contributed by atoms with Crippen LogP contribution in [-0.2, 0) is 20.8 Å². The molecule has 2 fully saturated rings. The highest BCUT2D eigenvalue weighted by atomic mass is 16.3. The van der Waals surface area contributed by atoms with E-state index in [1.807, 2.05) is 27.0 Å². The van der Waals surface area contributed by atoms with E-state index in [0.29, 0.717) is 25.2 Å². The molecule has 1 saturated heterocycles. The van der Waals surface area contributed by atoms with Gasteiger partial charge >= 0.3 is 0 Å². The Labute approximate surface area is 234 Å². The summed E-state index contributed by atoms with van der Waals surface area (Å²) in [5, 5.41) is 46.3. The third-order valence-corrected chi connectivity index (χ3v) is 9.56. The van der Waals surface area contributed by atoms with Crippen molar-refractivity contribution in [3.8, 4) is 5.75 Å². The number of likely N-dealkylation sites (N-methyl/N-ethyl adjacent to an activating group) is 1. The highest BCUT2D eigenvalue weighted by Crippen LogP contribution is 2.56. The Balaban J connectivity index is 1.72. The number of phenols is 1. The SMILES string of the molecule is CC(=O)C1=C(O)[C@]2(O)C(=O)C3=C(O)c4c(O)c(N5CCN(C)CC5)cc(C(C)C)c4C[C@@H]3C[C@@H]2C(C(C)C)C1=O. The number of carbonyl (C=O) groups excluding carboxylic acids is 3. The summed E-state index contributed by atoms with van der Waals surface area (Å²) in [6, 6.07) is 1.98. The van der Waals surface area contributed by atoms with E-state index in [1.54, 1.807) is 13.8 Å². The fourth-order valence-corrected chi connectivity index (χ4v) is 7.47. The fourth-order valence-electron chi connectivity index (χ4n) is 7.47. The van der Waals surface area contributed by atoms with Gasteiger partial charge in [0.05, 0.1) is 11.3 Å². The molecule has 4 aliphatic rings. The molecule has 1 aromatic carbocycles. The van der Waals surface area contributed by atoms with Crippen LogP contribution in [-0.4, -0.2) is 81.5 Å². The van der Waals surface area contributed by atoms with Crippen LogP contribution in [0.15, 0.2) is 23.0 Å². The van der Waals surface area contributed by atoms with Gasteiger partial charge in [0.1, 0.15) is 22.8 Å². The molecule has 40 heavy (non-hydrogen) atoms. The van der Waals surface area contributed by atoms with Crippen LogP contribution in [0.3, 0.4) is 0 Å². The van der Waals surface area contributed by atoms with Gasteiger partial charge in [-0.15, -0.1) is 0 Å². The summed E-state index contributed by atoms with van der Waals surface area (Å²) >= 11 is 0. The van der Waals surface area contributed by atoms with E-state index in [-0.39, 0.29) is 35.1 Å². The van der Waals surface area contributed by atoms with E-state index in [1.165, 1.54) is 0 Å². The lowest BCUT2D eigenvalue weighted by atomic mass is 9.54. The van der Waals surface area contributed by atoms with Crippen molar-refractivity contribution in [2.45, 2.75) is 59.0 Å². The molecule has 1 aliphatic heterocycles. The molecule has 0 spiro atoms. The van der Waals surface area contributed by atoms with Gasteiger partial charge in [-0.1, -0.05) is 27.7 Å². The van der Waals surface area contributed by atoms with Crippen molar-refractivity contribution in [1.29, 1.82) is 0 Å². The Bertz CT molecular complexity index is 1370. The number of allylic oxidation sites excluding steroid dienone is 1. The summed E-state index contributed by atoms with van der Waals surface area (Å²) in [4.78, 5) is 44.2. The predicted molar refractivity (Wildman–Crippen MR) is 150 cm³/mol. The van der Waals surface area contributed by atoms with Crippen molar-refractivity contribution in [2.75, 3.05) is 38.1 Å². The molecular weight excluding hydrogens is 512 g/mol. The third kappa shape index (κ3) is 3.92. The molecule has 5 rings (SSSR count). The van der Waals surface area contributed by atoms with Crippen molar-refractivity contribution in [3.05, 3.63) is 39.7 Å². The summed E-state index contributed by atoms with van der Waals surface area (Å²) in [5.74, 6) is -6.24. The first-order valence-corrected chi connectivity index (χ1v) is 14.2. The minimum absolute atomic E-state index is 0.0657. The molecule has 0 bridgehead atoms. The van der Waals surface area contributed by atoms with Gasteiger partial charge in [0, 0.05) is 43.6 Å². The first-order chi connectivity index (χ1) is 18.7. The number of carbonyl (C=O) groups is 3. The number of ketones is 3. The molecule has 4 N–H and O–H groups in total. The summed E-state index contributed by atoms with van der Waals surface area (Å²) < 4.78 is 0. The number of hydrogen-bond acceptors (Lipinski definition) is 9. The van der Waals surface area contributed by atoms with Crippen molar-refractivity contribution >= 4 is 28.8 Å². The number of piperazine rings is 1. The normalized spacial score (nSPS) is 29.2. The fraction of sp³-hybridized carbons (Fsp3) is 0.581. The van der Waals surface area contributed by atoms with Crippen LogP contribution in [0.25, 0.3) is 5.76 Å². The predicted octanol–water partition coefficient (Wildman–Crippen LogP) is 3.28. The minimum Gasteiger partial charge on any atom is -0.508 e. The van der Waals surface area contributed by atoms with E-state index in [4.69, 9.17) is 0 Å². The number of benzene rings is 1. The zero-order valence-corrected chi connectivity index (χ0v) is 24.1. The number of phenolic OH excluding ortho intramolecular Hbond substituents is 1. The number of fused-ring (bicyclic) bond motifs is 3. The maximum Gasteiger partial charge on any atom is 0.202 e. The quantitative estimate of drug-likeness (QED) is 0.415. The molecule has 1 unspecified atom stereocenters. The number of rotatable bonds is 4. The molecule has 3 aliphatic carbocycles. The van der Waals surface area contributed by atoms with Gasteiger partial charge in [-0.3, -0.25) is 14.4 Å². The number of hydrogen-bond donors (Lipinski definition) is 4. The van der Waals surface area contributed by atoms with Crippen LogP contribution in [0.4, 0.5) is 5.69 Å². The van der Waals surface area contributed by atoms with Crippen LogP contribution in [0.1, 0.15) is 63.6 Å². The number of Topliss-reactive ketones (excluding diaryl/α,β-unsaturated/α-hetero) is 3. The van der Waals surface area contributed by atoms with Crippen LogP contribution in [0, 0.1) is 23.7 Å². The summed E-state index contributed by atoms with van der Waals surface area (Å²) in [5.41, 5.74) is -0.659. The average Bonchev–Trinajstić information content (AvgIpc) is 2.86. The largest absolute Gasteiger partial charge is 0.508 e. The molecule has 0 radical (unpaired) electrons. The van der Waals surface area contributed by atoms with Gasteiger partial charge in [0.2, 0.25) is 5.78 Å². The number of aliphatic hydroxyl groups excluding tert-OH is 2. The second kappa shape index (κ2) is 9.73. The number of anilines is 1. The second-order valence-corrected chi connectivity index (χ2v) is 12.6. The van der Waals surface area contributed by atoms with Crippen molar-refractivity contribution in [3.63, 3.8) is 0 Å². The Kier molecular flexibility index (Phi) is 6.90. The first kappa shape index (κ1) is 28.4. The lowest BCUT2D eigenvalue weighted by molar-refractivity contribution is -0.155. The van der Waals surface area contributed by atoms with Gasteiger partial charge in [0.25, 0.3) is 0 Å². The first-order valence-electron chi connectivity index (χ1n) is 14.2. The van der Waals surface area contributed by atoms with Crippen LogP contribution in [0.2, 0.25) is 0 Å². The van der Waals surface area contributed by atoms with E-state index >= 15 is 0 Å². The summed E-state index contributed by atoms with van der Waals surface area (Å²) in [7, 11) is 2.04. The second-order valence-electron chi connectivity index (χ2n) is 12.6. The van der Waals surface area contributed by atoms with Gasteiger partial charge in [-0.25, -0.2) is 0 Å². The minimum atomic E-state index is -2.52. The molecule has 0 aromatic heterocycles. The Morgan fingerprint density at radius 2 is 1.68 bits per heavy atom. The topological polar surface area (TPSA) is 139 Å². The van der Waals surface area contributed by atoms with Gasteiger partial charge < -0.3 is 30.2 Å². The molecule has 0 amide bonds. The number of nitrogens with zero attached hydrogens (tertiary/aromatic N) is 2. The molecule has 1 aromatic rings. The smallest absolute Gasteiger partial charge is 0.202 e. The Morgan fingerprint density at radius 3 is 2.23 bits per heavy atom. The molecule has 9 nitrogen and oxygen atoms in total. The highest BCUT2D eigenvalue weighted by Gasteiger charge is 2.63. The van der Waals surface area contributed by atoms with Crippen LogP contribution < -0.4 is 4.90 Å². The van der Waals surface area contributed by atoms with Gasteiger partial charge in [0.15, 0.2) is 17.2 Å². The van der Waals surface area contributed by atoms with Crippen LogP contribution >= 0.6 is 0 Å². The maximum absolute atomic E-state index is 14.2. The van der Waals surface area contributed by atoms with Crippen LogP contribution in [0.5, 0.6) is 5.75 Å². The van der Waals surface area contributed by atoms with E-state index in [2.05, 4.69) is 9.80 Å². The zero-order chi connectivity index (χ0) is 29.4. The van der Waals surface area contributed by atoms with Gasteiger partial charge in [-0.05, 0) is 61.8 Å². The van der Waals surface area contributed by atoms with E-state index < -0.39 is 57.8 Å². The molecule has 9 heteroatoms. The lowest BCUT2D eigenvalue weighted by Crippen LogP contribution is -2.61. The number of aliphatic hydroxyl groups is 3. The summed E-state index contributed by atoms with van der Waals surface area (Å²) in [6.45, 7) is 11.8. The monoisotopic (exact) mass is 552 g/mol.